The van der Waals surface area contributed by atoms with Crippen LogP contribution in [0.1, 0.15) is 12.5 Å². The fourth-order valence-electron chi connectivity index (χ4n) is 1.02. The molecule has 0 aliphatic rings. The van der Waals surface area contributed by atoms with Crippen LogP contribution in [0.2, 0.25) is 0 Å². The summed E-state index contributed by atoms with van der Waals surface area (Å²) in [4.78, 5) is 20.4. The van der Waals surface area contributed by atoms with E-state index in [1.807, 2.05) is 0 Å². The van der Waals surface area contributed by atoms with Gasteiger partial charge in [-0.15, -0.1) is 0 Å². The van der Waals surface area contributed by atoms with Crippen LogP contribution in [0, 0.1) is 10.1 Å². The van der Waals surface area contributed by atoms with E-state index in [0.29, 0.717) is 0 Å². The van der Waals surface area contributed by atoms with E-state index in [2.05, 4.69) is 0 Å². The average Bonchev–Trinajstić information content (AvgIpc) is 2.17. The van der Waals surface area contributed by atoms with Crippen LogP contribution < -0.4 is 34.7 Å². The second-order valence-corrected chi connectivity index (χ2v) is 2.92. The van der Waals surface area contributed by atoms with Crippen LogP contribution in [-0.2, 0) is 4.79 Å². The third-order valence-corrected chi connectivity index (χ3v) is 1.70. The topological polar surface area (TPSA) is 83.3 Å². The summed E-state index contributed by atoms with van der Waals surface area (Å²) >= 11 is 0. The molecule has 0 saturated heterocycles. The summed E-state index contributed by atoms with van der Waals surface area (Å²) in [5.74, 6) is -0.796. The van der Waals surface area contributed by atoms with Gasteiger partial charge in [0, 0.05) is 12.1 Å². The molecule has 0 spiro atoms. The molecule has 0 unspecified atom stereocenters. The summed E-state index contributed by atoms with van der Waals surface area (Å²) in [6.45, 7) is 1.27. The zero-order valence-corrected chi connectivity index (χ0v) is 11.0. The quantitative estimate of drug-likeness (QED) is 0.195. The van der Waals surface area contributed by atoms with Crippen LogP contribution in [0.5, 0.6) is 0 Å². The molecule has 6 heteroatoms. The van der Waals surface area contributed by atoms with E-state index in [1.54, 1.807) is 0 Å². The standard InChI is InChI=1S/C10H9NO4.Na/c1-7(12)6-10(13)8-2-4-9(5-3-8)11(14)15;/h2-6,13H,1H3;/q;+1/p-1/b10-6-;. The van der Waals surface area contributed by atoms with Crippen LogP contribution in [0.15, 0.2) is 30.3 Å². The molecule has 0 fully saturated rings. The molecular weight excluding hydrogens is 221 g/mol. The number of carbonyl (C=O) groups excluding carboxylic acids is 1. The number of nitrogens with zero attached hydrogens (tertiary/aromatic N) is 1. The molecule has 0 aromatic heterocycles. The van der Waals surface area contributed by atoms with E-state index in [4.69, 9.17) is 0 Å². The van der Waals surface area contributed by atoms with Gasteiger partial charge in [-0.2, -0.15) is 0 Å². The molecule has 16 heavy (non-hydrogen) atoms. The predicted octanol–water partition coefficient (Wildman–Crippen LogP) is -2.11. The van der Waals surface area contributed by atoms with Crippen molar-refractivity contribution in [1.29, 1.82) is 0 Å². The van der Waals surface area contributed by atoms with Gasteiger partial charge in [0.1, 0.15) is 0 Å². The summed E-state index contributed by atoms with van der Waals surface area (Å²) in [5, 5.41) is 21.6. The van der Waals surface area contributed by atoms with Crippen molar-refractivity contribution in [1.82, 2.24) is 0 Å². The molecule has 1 aromatic rings. The Balaban J connectivity index is 0.00000225. The minimum atomic E-state index is -0.553. The second-order valence-electron chi connectivity index (χ2n) is 2.92. The Morgan fingerprint density at radius 3 is 2.19 bits per heavy atom. The Morgan fingerprint density at radius 1 is 1.31 bits per heavy atom. The van der Waals surface area contributed by atoms with E-state index in [9.17, 15) is 20.0 Å². The first-order chi connectivity index (χ1) is 7.00. The van der Waals surface area contributed by atoms with Crippen LogP contribution >= 0.6 is 0 Å². The third kappa shape index (κ3) is 4.14. The first-order valence-corrected chi connectivity index (χ1v) is 4.15. The largest absolute Gasteiger partial charge is 1.00 e. The number of benzene rings is 1. The minimum Gasteiger partial charge on any atom is -0.872 e. The number of rotatable bonds is 3. The van der Waals surface area contributed by atoms with Gasteiger partial charge in [0.2, 0.25) is 0 Å². The fraction of sp³-hybridized carbons (Fsp3) is 0.100. The normalized spacial score (nSPS) is 10.4. The van der Waals surface area contributed by atoms with Gasteiger partial charge in [-0.25, -0.2) is 0 Å². The summed E-state index contributed by atoms with van der Waals surface area (Å²) in [6, 6.07) is 5.09. The van der Waals surface area contributed by atoms with E-state index < -0.39 is 10.7 Å². The van der Waals surface area contributed by atoms with Crippen molar-refractivity contribution in [3.8, 4) is 0 Å². The summed E-state index contributed by atoms with van der Waals surface area (Å²) in [5.41, 5.74) is 0.171. The molecule has 0 saturated carbocycles. The van der Waals surface area contributed by atoms with E-state index in [1.165, 1.54) is 31.2 Å². The molecule has 1 rings (SSSR count). The summed E-state index contributed by atoms with van der Waals surface area (Å²) in [6.07, 6.45) is 0.946. The molecular formula is C10H8NNaO4. The van der Waals surface area contributed by atoms with Crippen LogP contribution in [0.3, 0.4) is 0 Å². The van der Waals surface area contributed by atoms with E-state index in [-0.39, 0.29) is 46.6 Å². The molecule has 5 nitrogen and oxygen atoms in total. The fourth-order valence-corrected chi connectivity index (χ4v) is 1.02. The molecule has 78 valence electrons. The summed E-state index contributed by atoms with van der Waals surface area (Å²) in [7, 11) is 0. The maximum absolute atomic E-state index is 11.3. The van der Waals surface area contributed by atoms with Gasteiger partial charge in [0.15, 0.2) is 5.78 Å². The second kappa shape index (κ2) is 6.42. The van der Waals surface area contributed by atoms with Gasteiger partial charge < -0.3 is 5.11 Å². The monoisotopic (exact) mass is 229 g/mol. The molecule has 0 N–H and O–H groups in total. The number of non-ortho nitro benzene ring substituents is 1. The third-order valence-electron chi connectivity index (χ3n) is 1.70. The predicted molar refractivity (Wildman–Crippen MR) is 51.8 cm³/mol. The van der Waals surface area contributed by atoms with Gasteiger partial charge in [-0.1, -0.05) is 5.76 Å². The van der Waals surface area contributed by atoms with Gasteiger partial charge in [-0.3, -0.25) is 14.9 Å². The number of nitro groups is 1. The van der Waals surface area contributed by atoms with Crippen molar-refractivity contribution in [3.05, 3.63) is 46.0 Å². The van der Waals surface area contributed by atoms with Gasteiger partial charge in [-0.05, 0) is 30.7 Å². The Morgan fingerprint density at radius 2 is 1.81 bits per heavy atom. The molecule has 1 aromatic carbocycles. The molecule has 0 amide bonds. The molecule has 0 radical (unpaired) electrons. The van der Waals surface area contributed by atoms with E-state index in [0.717, 1.165) is 6.08 Å². The maximum atomic E-state index is 11.3. The Labute approximate surface area is 114 Å². The Hall–Kier alpha value is -1.17. The Bertz CT molecular complexity index is 425. The first-order valence-electron chi connectivity index (χ1n) is 4.15. The molecule has 0 aliphatic carbocycles. The first kappa shape index (κ1) is 14.8. The zero-order chi connectivity index (χ0) is 11.4. The summed E-state index contributed by atoms with van der Waals surface area (Å²) < 4.78 is 0. The molecule has 0 bridgehead atoms. The maximum Gasteiger partial charge on any atom is 1.00 e. The zero-order valence-electron chi connectivity index (χ0n) is 8.97. The van der Waals surface area contributed by atoms with Crippen molar-refractivity contribution < 1.29 is 44.4 Å². The number of carbonyl (C=O) groups is 1. The number of hydrogen-bond acceptors (Lipinski definition) is 4. The molecule has 0 heterocycles. The molecule has 0 aliphatic heterocycles. The minimum absolute atomic E-state index is 0. The van der Waals surface area contributed by atoms with Crippen molar-refractivity contribution in [2.45, 2.75) is 6.92 Å². The van der Waals surface area contributed by atoms with Crippen LogP contribution in [0.25, 0.3) is 5.76 Å². The average molecular weight is 229 g/mol. The van der Waals surface area contributed by atoms with Gasteiger partial charge in [0.05, 0.1) is 4.92 Å². The van der Waals surface area contributed by atoms with E-state index >= 15 is 0 Å². The number of allylic oxidation sites excluding steroid dienone is 1. The number of ketones is 1. The van der Waals surface area contributed by atoms with Crippen molar-refractivity contribution in [2.24, 2.45) is 0 Å². The smallest absolute Gasteiger partial charge is 0.872 e. The van der Waals surface area contributed by atoms with Gasteiger partial charge in [0.25, 0.3) is 5.69 Å². The van der Waals surface area contributed by atoms with Crippen molar-refractivity contribution in [3.63, 3.8) is 0 Å². The van der Waals surface area contributed by atoms with Gasteiger partial charge >= 0.3 is 29.6 Å². The van der Waals surface area contributed by atoms with Crippen molar-refractivity contribution in [2.75, 3.05) is 0 Å². The SMILES string of the molecule is CC(=O)/C=C(\[O-])c1ccc([N+](=O)[O-])cc1.[Na+]. The molecule has 0 atom stereocenters. The van der Waals surface area contributed by atoms with Crippen LogP contribution in [0.4, 0.5) is 5.69 Å². The van der Waals surface area contributed by atoms with Crippen LogP contribution in [-0.4, -0.2) is 10.7 Å². The number of hydrogen-bond donors (Lipinski definition) is 0. The van der Waals surface area contributed by atoms with Crippen molar-refractivity contribution >= 4 is 17.2 Å². The Kier molecular flexibility index (Phi) is 5.95. The number of nitro benzene ring substituents is 1.